The number of hydrogen-bond acceptors (Lipinski definition) is 5. The number of nitrogens with zero attached hydrogens (tertiary/aromatic N) is 2. The molecule has 0 saturated heterocycles. The number of benzene rings is 2. The van der Waals surface area contributed by atoms with Crippen LogP contribution in [0.2, 0.25) is 0 Å². The van der Waals surface area contributed by atoms with Gasteiger partial charge in [-0.2, -0.15) is 4.57 Å². The SMILES string of the molecule is C=C(C)C(=O)NCCCNC(=O)c1cc(-c2ccc[n+](Cc3ccccc3BO)c2)c[n+](Cc2ccccc2B(O)O)c1. The number of amides is 2. The van der Waals surface area contributed by atoms with Crippen molar-refractivity contribution >= 4 is 37.3 Å². The highest BCUT2D eigenvalue weighted by Crippen LogP contribution is 2.18. The maximum Gasteiger partial charge on any atom is 0.488 e. The van der Waals surface area contributed by atoms with Crippen LogP contribution in [-0.2, 0) is 17.9 Å². The van der Waals surface area contributed by atoms with E-state index in [2.05, 4.69) is 17.2 Å². The van der Waals surface area contributed by atoms with Crippen LogP contribution >= 0.6 is 0 Å². The molecule has 0 radical (unpaired) electrons. The van der Waals surface area contributed by atoms with Crippen LogP contribution in [0.15, 0.2) is 104 Å². The number of pyridine rings is 2. The Bertz CT molecular complexity index is 1610. The quantitative estimate of drug-likeness (QED) is 0.0633. The van der Waals surface area contributed by atoms with E-state index in [9.17, 15) is 24.7 Å². The summed E-state index contributed by atoms with van der Waals surface area (Å²) in [4.78, 5) is 25.0. The number of carbonyl (C=O) groups excluding carboxylic acids is 2. The largest absolute Gasteiger partial charge is 0.488 e. The van der Waals surface area contributed by atoms with Gasteiger partial charge >= 0.3 is 14.6 Å². The van der Waals surface area contributed by atoms with Gasteiger partial charge in [-0.05, 0) is 36.4 Å². The summed E-state index contributed by atoms with van der Waals surface area (Å²) in [6, 6.07) is 20.5. The Balaban J connectivity index is 1.61. The molecule has 0 aliphatic heterocycles. The third kappa shape index (κ3) is 8.71. The van der Waals surface area contributed by atoms with Crippen molar-refractivity contribution in [3.05, 3.63) is 120 Å². The van der Waals surface area contributed by atoms with Crippen molar-refractivity contribution in [2.75, 3.05) is 13.1 Å². The van der Waals surface area contributed by atoms with Crippen molar-refractivity contribution in [1.82, 2.24) is 10.6 Å². The number of nitrogens with one attached hydrogen (secondary N) is 2. The first-order valence-electron chi connectivity index (χ1n) is 14.1. The summed E-state index contributed by atoms with van der Waals surface area (Å²) in [5, 5.41) is 35.2. The van der Waals surface area contributed by atoms with E-state index < -0.39 is 7.12 Å². The molecule has 0 fully saturated rings. The zero-order valence-electron chi connectivity index (χ0n) is 24.2. The van der Waals surface area contributed by atoms with Crippen LogP contribution in [0.5, 0.6) is 0 Å². The molecular formula is C32H36B2N4O5+2. The summed E-state index contributed by atoms with van der Waals surface area (Å²) in [5.74, 6) is -0.480. The van der Waals surface area contributed by atoms with E-state index in [-0.39, 0.29) is 19.3 Å². The van der Waals surface area contributed by atoms with Crippen LogP contribution in [0.3, 0.4) is 0 Å². The Morgan fingerprint density at radius 1 is 0.860 bits per heavy atom. The lowest BCUT2D eigenvalue weighted by atomic mass is 9.77. The monoisotopic (exact) mass is 578 g/mol. The normalized spacial score (nSPS) is 10.6. The Morgan fingerprint density at radius 2 is 1.53 bits per heavy atom. The van der Waals surface area contributed by atoms with Crippen molar-refractivity contribution in [2.24, 2.45) is 0 Å². The molecule has 2 aromatic heterocycles. The molecule has 0 spiro atoms. The average Bonchev–Trinajstić information content (AvgIpc) is 3.01. The van der Waals surface area contributed by atoms with Crippen LogP contribution in [0.1, 0.15) is 34.8 Å². The van der Waals surface area contributed by atoms with E-state index in [0.717, 1.165) is 22.2 Å². The van der Waals surface area contributed by atoms with Crippen molar-refractivity contribution in [2.45, 2.75) is 26.4 Å². The highest BCUT2D eigenvalue weighted by atomic mass is 16.4. The number of carbonyl (C=O) groups is 2. The predicted octanol–water partition coefficient (Wildman–Crippen LogP) is -0.514. The lowest BCUT2D eigenvalue weighted by Gasteiger charge is -2.10. The van der Waals surface area contributed by atoms with Gasteiger partial charge in [-0.1, -0.05) is 55.1 Å². The Labute approximate surface area is 252 Å². The second-order valence-electron chi connectivity index (χ2n) is 10.4. The van der Waals surface area contributed by atoms with Crippen molar-refractivity contribution in [1.29, 1.82) is 0 Å². The summed E-state index contributed by atoms with van der Waals surface area (Å²) in [6.07, 6.45) is 8.15. The molecule has 0 aliphatic rings. The maximum atomic E-state index is 13.3. The molecule has 9 nitrogen and oxygen atoms in total. The Hall–Kier alpha value is -4.57. The molecule has 5 N–H and O–H groups in total. The minimum atomic E-state index is -1.62. The lowest BCUT2D eigenvalue weighted by Crippen LogP contribution is -2.41. The summed E-state index contributed by atoms with van der Waals surface area (Å²) in [6.45, 7) is 6.92. The molecule has 2 heterocycles. The molecular weight excluding hydrogens is 542 g/mol. The fourth-order valence-electron chi connectivity index (χ4n) is 4.74. The van der Waals surface area contributed by atoms with Gasteiger partial charge in [-0.3, -0.25) is 9.59 Å². The van der Waals surface area contributed by atoms with E-state index in [0.29, 0.717) is 54.8 Å². The van der Waals surface area contributed by atoms with Crippen LogP contribution in [0.25, 0.3) is 11.1 Å². The van der Waals surface area contributed by atoms with E-state index in [1.807, 2.05) is 82.3 Å². The molecule has 0 unspecified atom stereocenters. The number of hydrogen-bond donors (Lipinski definition) is 5. The fraction of sp³-hybridized carbons (Fsp3) is 0.188. The third-order valence-electron chi connectivity index (χ3n) is 7.01. The molecule has 0 saturated carbocycles. The lowest BCUT2D eigenvalue weighted by molar-refractivity contribution is -0.689. The number of rotatable bonds is 13. The second-order valence-corrected chi connectivity index (χ2v) is 10.4. The van der Waals surface area contributed by atoms with Gasteiger partial charge in [0.1, 0.15) is 5.56 Å². The summed E-state index contributed by atoms with van der Waals surface area (Å²) in [7, 11) is -1.67. The first-order chi connectivity index (χ1) is 20.7. The van der Waals surface area contributed by atoms with Crippen molar-refractivity contribution < 1.29 is 33.8 Å². The standard InChI is InChI=1S/C32H34B2N4O5/c1-23(2)31(39)35-14-8-15-36-32(40)28-17-27(21-38(22-28)20-26-10-4-6-13-30(26)34(42)43)24-11-7-16-37(18-24)19-25-9-3-5-12-29(25)33-41/h3-7,9-13,16-18,21-22,33,41-43H,1,8,14-15,19-20H2,2H3/p+2. The molecule has 0 aliphatic carbocycles. The van der Waals surface area contributed by atoms with Gasteiger partial charge in [0.15, 0.2) is 37.9 Å². The van der Waals surface area contributed by atoms with Gasteiger partial charge < -0.3 is 25.7 Å². The topological polar surface area (TPSA) is 127 Å². The molecule has 2 aromatic carbocycles. The van der Waals surface area contributed by atoms with Crippen molar-refractivity contribution in [3.63, 3.8) is 0 Å². The summed E-state index contributed by atoms with van der Waals surface area (Å²) in [5.41, 5.74) is 5.52. The zero-order valence-corrected chi connectivity index (χ0v) is 24.2. The van der Waals surface area contributed by atoms with Crippen molar-refractivity contribution in [3.8, 4) is 11.1 Å². The van der Waals surface area contributed by atoms with Crippen LogP contribution < -0.4 is 30.7 Å². The first kappa shape index (κ1) is 31.4. The third-order valence-corrected chi connectivity index (χ3v) is 7.01. The van der Waals surface area contributed by atoms with Gasteiger partial charge in [0.2, 0.25) is 5.91 Å². The van der Waals surface area contributed by atoms with Gasteiger partial charge in [0.25, 0.3) is 5.91 Å². The van der Waals surface area contributed by atoms with Crippen LogP contribution in [0, 0.1) is 0 Å². The smallest absolute Gasteiger partial charge is 0.449 e. The Morgan fingerprint density at radius 3 is 2.28 bits per heavy atom. The second kappa shape index (κ2) is 15.1. The highest BCUT2D eigenvalue weighted by Gasteiger charge is 2.21. The molecule has 2 amide bonds. The van der Waals surface area contributed by atoms with Gasteiger partial charge in [0, 0.05) is 35.9 Å². The van der Waals surface area contributed by atoms with E-state index in [4.69, 9.17) is 0 Å². The van der Waals surface area contributed by atoms with Gasteiger partial charge in [-0.15, -0.1) is 0 Å². The van der Waals surface area contributed by atoms with E-state index >= 15 is 0 Å². The molecule has 4 aromatic rings. The zero-order chi connectivity index (χ0) is 30.8. The fourth-order valence-corrected chi connectivity index (χ4v) is 4.74. The summed E-state index contributed by atoms with van der Waals surface area (Å²) >= 11 is 0. The van der Waals surface area contributed by atoms with E-state index in [1.165, 1.54) is 0 Å². The van der Waals surface area contributed by atoms with Gasteiger partial charge in [0.05, 0.1) is 11.1 Å². The van der Waals surface area contributed by atoms with Gasteiger partial charge in [-0.25, -0.2) is 4.57 Å². The molecule has 43 heavy (non-hydrogen) atoms. The summed E-state index contributed by atoms with van der Waals surface area (Å²) < 4.78 is 3.88. The van der Waals surface area contributed by atoms with Crippen LogP contribution in [0.4, 0.5) is 0 Å². The molecule has 0 atom stereocenters. The molecule has 218 valence electrons. The highest BCUT2D eigenvalue weighted by molar-refractivity contribution is 6.59. The first-order valence-corrected chi connectivity index (χ1v) is 14.1. The molecule has 4 rings (SSSR count). The number of aromatic nitrogens is 2. The minimum Gasteiger partial charge on any atom is -0.449 e. The van der Waals surface area contributed by atoms with E-state index in [1.54, 1.807) is 25.3 Å². The minimum absolute atomic E-state index is 0.0438. The maximum absolute atomic E-state index is 13.3. The predicted molar refractivity (Wildman–Crippen MR) is 167 cm³/mol. The Kier molecular flexibility index (Phi) is 11.0. The van der Waals surface area contributed by atoms with Crippen LogP contribution in [-0.4, -0.2) is 54.6 Å². The molecule has 0 bridgehead atoms. The average molecular weight is 578 g/mol. The molecule has 11 heteroatoms.